The minimum Gasteiger partial charge on any atom is -0.480 e. The first-order valence-electron chi connectivity index (χ1n) is 9.66. The second kappa shape index (κ2) is 8.72. The zero-order valence-electron chi connectivity index (χ0n) is 16.2. The molecule has 0 aliphatic rings. The molecule has 0 fully saturated rings. The molecule has 0 bridgehead atoms. The van der Waals surface area contributed by atoms with Gasteiger partial charge in [0.05, 0.1) is 6.04 Å². The van der Waals surface area contributed by atoms with Gasteiger partial charge in [0.15, 0.2) is 6.10 Å². The van der Waals surface area contributed by atoms with Gasteiger partial charge in [0.1, 0.15) is 5.75 Å². The molecule has 2 atom stereocenters. The molecule has 3 aromatic rings. The SMILES string of the molecule is CCc1ccc([C@@H](C)NC(=O)[C@H](CC)Oc2cccc3ccccc23)cc1. The molecule has 1 N–H and O–H groups in total. The second-order valence-corrected chi connectivity index (χ2v) is 6.82. The normalized spacial score (nSPS) is 13.1. The van der Waals surface area contributed by atoms with E-state index in [0.29, 0.717) is 6.42 Å². The smallest absolute Gasteiger partial charge is 0.261 e. The van der Waals surface area contributed by atoms with Crippen LogP contribution in [0.2, 0.25) is 0 Å². The molecular weight excluding hydrogens is 334 g/mol. The fourth-order valence-corrected chi connectivity index (χ4v) is 3.21. The minimum atomic E-state index is -0.520. The third-order valence-corrected chi connectivity index (χ3v) is 4.93. The lowest BCUT2D eigenvalue weighted by Gasteiger charge is -2.21. The number of rotatable bonds is 7. The van der Waals surface area contributed by atoms with E-state index < -0.39 is 6.10 Å². The van der Waals surface area contributed by atoms with E-state index in [9.17, 15) is 4.79 Å². The number of aryl methyl sites for hydroxylation is 1. The molecule has 3 aromatic carbocycles. The Kier molecular flexibility index (Phi) is 6.12. The zero-order valence-corrected chi connectivity index (χ0v) is 16.2. The highest BCUT2D eigenvalue weighted by atomic mass is 16.5. The lowest BCUT2D eigenvalue weighted by atomic mass is 10.0. The van der Waals surface area contributed by atoms with Crippen LogP contribution in [0.4, 0.5) is 0 Å². The number of nitrogens with one attached hydrogen (secondary N) is 1. The molecule has 27 heavy (non-hydrogen) atoms. The highest BCUT2D eigenvalue weighted by Crippen LogP contribution is 2.26. The van der Waals surface area contributed by atoms with Gasteiger partial charge in [-0.15, -0.1) is 0 Å². The number of hydrogen-bond donors (Lipinski definition) is 1. The summed E-state index contributed by atoms with van der Waals surface area (Å²) in [5.74, 6) is 0.660. The van der Waals surface area contributed by atoms with Crippen LogP contribution < -0.4 is 10.1 Å². The Morgan fingerprint density at radius 3 is 2.37 bits per heavy atom. The zero-order chi connectivity index (χ0) is 19.2. The third kappa shape index (κ3) is 4.48. The van der Waals surface area contributed by atoms with Crippen molar-refractivity contribution < 1.29 is 9.53 Å². The van der Waals surface area contributed by atoms with Gasteiger partial charge in [0, 0.05) is 5.39 Å². The van der Waals surface area contributed by atoms with E-state index in [0.717, 1.165) is 28.5 Å². The summed E-state index contributed by atoms with van der Waals surface area (Å²) in [5, 5.41) is 5.22. The monoisotopic (exact) mass is 361 g/mol. The fourth-order valence-electron chi connectivity index (χ4n) is 3.21. The Morgan fingerprint density at radius 1 is 0.963 bits per heavy atom. The van der Waals surface area contributed by atoms with Crippen LogP contribution in [-0.2, 0) is 11.2 Å². The van der Waals surface area contributed by atoms with Gasteiger partial charge in [-0.1, -0.05) is 74.5 Å². The van der Waals surface area contributed by atoms with Crippen molar-refractivity contribution in [1.82, 2.24) is 5.32 Å². The van der Waals surface area contributed by atoms with Crippen molar-refractivity contribution in [3.8, 4) is 5.75 Å². The summed E-state index contributed by atoms with van der Waals surface area (Å²) in [7, 11) is 0. The molecule has 3 heteroatoms. The van der Waals surface area contributed by atoms with E-state index in [1.165, 1.54) is 5.56 Å². The van der Waals surface area contributed by atoms with E-state index in [2.05, 4.69) is 36.5 Å². The molecule has 0 spiro atoms. The maximum atomic E-state index is 12.8. The van der Waals surface area contributed by atoms with Crippen molar-refractivity contribution in [2.45, 2.75) is 45.8 Å². The fraction of sp³-hybridized carbons (Fsp3) is 0.292. The van der Waals surface area contributed by atoms with Gasteiger partial charge in [0.2, 0.25) is 0 Å². The summed E-state index contributed by atoms with van der Waals surface area (Å²) < 4.78 is 6.10. The molecule has 0 unspecified atom stereocenters. The van der Waals surface area contributed by atoms with Gasteiger partial charge in [0.25, 0.3) is 5.91 Å². The lowest BCUT2D eigenvalue weighted by Crippen LogP contribution is -2.39. The second-order valence-electron chi connectivity index (χ2n) is 6.82. The van der Waals surface area contributed by atoms with Crippen LogP contribution in [0.3, 0.4) is 0 Å². The van der Waals surface area contributed by atoms with Gasteiger partial charge in [-0.2, -0.15) is 0 Å². The van der Waals surface area contributed by atoms with Crippen LogP contribution in [0, 0.1) is 0 Å². The Labute approximate surface area is 161 Å². The molecule has 0 aromatic heterocycles. The highest BCUT2D eigenvalue weighted by molar-refractivity contribution is 5.89. The van der Waals surface area contributed by atoms with Gasteiger partial charge in [-0.25, -0.2) is 0 Å². The number of carbonyl (C=O) groups is 1. The molecule has 3 rings (SSSR count). The van der Waals surface area contributed by atoms with Gasteiger partial charge >= 0.3 is 0 Å². The average Bonchev–Trinajstić information content (AvgIpc) is 2.72. The maximum absolute atomic E-state index is 12.8. The molecule has 0 saturated carbocycles. The quantitative estimate of drug-likeness (QED) is 0.609. The first-order valence-corrected chi connectivity index (χ1v) is 9.66. The number of amides is 1. The molecule has 140 valence electrons. The van der Waals surface area contributed by atoms with Crippen molar-refractivity contribution in [2.75, 3.05) is 0 Å². The average molecular weight is 361 g/mol. The molecular formula is C24H27NO2. The molecule has 0 heterocycles. The van der Waals surface area contributed by atoms with E-state index in [-0.39, 0.29) is 11.9 Å². The summed E-state index contributed by atoms with van der Waals surface area (Å²) in [6.45, 7) is 6.11. The van der Waals surface area contributed by atoms with Crippen LogP contribution >= 0.6 is 0 Å². The summed E-state index contributed by atoms with van der Waals surface area (Å²) in [5.41, 5.74) is 2.39. The molecule has 0 aliphatic heterocycles. The Morgan fingerprint density at radius 2 is 1.67 bits per heavy atom. The van der Waals surface area contributed by atoms with Crippen molar-refractivity contribution in [2.24, 2.45) is 0 Å². The molecule has 0 radical (unpaired) electrons. The summed E-state index contributed by atoms with van der Waals surface area (Å²) in [6, 6.07) is 22.3. The predicted molar refractivity (Wildman–Crippen MR) is 111 cm³/mol. The van der Waals surface area contributed by atoms with E-state index >= 15 is 0 Å². The Hall–Kier alpha value is -2.81. The van der Waals surface area contributed by atoms with Gasteiger partial charge in [-0.05, 0) is 42.3 Å². The summed E-state index contributed by atoms with van der Waals surface area (Å²) in [4.78, 5) is 12.8. The van der Waals surface area contributed by atoms with Crippen molar-refractivity contribution in [3.63, 3.8) is 0 Å². The van der Waals surface area contributed by atoms with Gasteiger partial charge < -0.3 is 10.1 Å². The topological polar surface area (TPSA) is 38.3 Å². The maximum Gasteiger partial charge on any atom is 0.261 e. The molecule has 1 amide bonds. The van der Waals surface area contributed by atoms with Crippen LogP contribution in [0.1, 0.15) is 44.4 Å². The Balaban J connectivity index is 1.71. The van der Waals surface area contributed by atoms with E-state index in [4.69, 9.17) is 4.74 Å². The molecule has 3 nitrogen and oxygen atoms in total. The van der Waals surface area contributed by atoms with Crippen LogP contribution in [0.5, 0.6) is 5.75 Å². The number of ether oxygens (including phenoxy) is 1. The van der Waals surface area contributed by atoms with Crippen molar-refractivity contribution in [3.05, 3.63) is 77.9 Å². The largest absolute Gasteiger partial charge is 0.480 e. The highest BCUT2D eigenvalue weighted by Gasteiger charge is 2.21. The standard InChI is InChI=1S/C24H27NO2/c1-4-18-13-15-19(16-14-18)17(3)25-24(26)22(5-2)27-23-12-8-10-20-9-6-7-11-21(20)23/h6-17,22H,4-5H2,1-3H3,(H,25,26)/t17-,22+/m1/s1. The van der Waals surface area contributed by atoms with Crippen LogP contribution in [-0.4, -0.2) is 12.0 Å². The van der Waals surface area contributed by atoms with Crippen LogP contribution in [0.15, 0.2) is 66.7 Å². The number of carbonyl (C=O) groups excluding carboxylic acids is 1. The molecule has 0 aliphatic carbocycles. The molecule has 0 saturated heterocycles. The minimum absolute atomic E-state index is 0.0615. The first-order chi connectivity index (χ1) is 13.1. The van der Waals surface area contributed by atoms with E-state index in [1.807, 2.05) is 56.3 Å². The van der Waals surface area contributed by atoms with Crippen LogP contribution in [0.25, 0.3) is 10.8 Å². The number of fused-ring (bicyclic) bond motifs is 1. The first kappa shape index (κ1) is 19.0. The summed E-state index contributed by atoms with van der Waals surface area (Å²) in [6.07, 6.45) is 1.10. The number of benzene rings is 3. The van der Waals surface area contributed by atoms with Crippen molar-refractivity contribution in [1.29, 1.82) is 0 Å². The van der Waals surface area contributed by atoms with E-state index in [1.54, 1.807) is 0 Å². The Bertz CT molecular complexity index is 896. The third-order valence-electron chi connectivity index (χ3n) is 4.93. The summed E-state index contributed by atoms with van der Waals surface area (Å²) >= 11 is 0. The van der Waals surface area contributed by atoms with Gasteiger partial charge in [-0.3, -0.25) is 4.79 Å². The predicted octanol–water partition coefficient (Wildman–Crippen LogP) is 5.44. The van der Waals surface area contributed by atoms with Crippen molar-refractivity contribution >= 4 is 16.7 Å². The number of hydrogen-bond acceptors (Lipinski definition) is 2. The lowest BCUT2D eigenvalue weighted by molar-refractivity contribution is -0.128.